The smallest absolute Gasteiger partial charge is 0.417 e. The largest absolute Gasteiger partial charge is 0.465 e. The Hall–Kier alpha value is -2.50. The lowest BCUT2D eigenvalue weighted by Gasteiger charge is -2.15. The van der Waals surface area contributed by atoms with Crippen LogP contribution in [0.4, 0.5) is 18.9 Å². The number of halogens is 3. The average Bonchev–Trinajstić information content (AvgIpc) is 2.45. The molecule has 21 heavy (non-hydrogen) atoms. The molecule has 0 saturated heterocycles. The van der Waals surface area contributed by atoms with Gasteiger partial charge in [0.2, 0.25) is 0 Å². The van der Waals surface area contributed by atoms with Gasteiger partial charge in [-0.1, -0.05) is 24.3 Å². The molecule has 6 heteroatoms. The van der Waals surface area contributed by atoms with E-state index in [1.54, 1.807) is 0 Å². The maximum absolute atomic E-state index is 13.1. The zero-order valence-corrected chi connectivity index (χ0v) is 11.1. The number of hydrogen-bond acceptors (Lipinski definition) is 3. The number of methoxy groups -OCH3 is 1. The average molecular weight is 295 g/mol. The van der Waals surface area contributed by atoms with Gasteiger partial charge in [-0.25, -0.2) is 4.79 Å². The van der Waals surface area contributed by atoms with Gasteiger partial charge in [0.25, 0.3) is 0 Å². The van der Waals surface area contributed by atoms with Gasteiger partial charge >= 0.3 is 12.1 Å². The number of benzene rings is 2. The summed E-state index contributed by atoms with van der Waals surface area (Å²) >= 11 is 0. The van der Waals surface area contributed by atoms with E-state index in [0.717, 1.165) is 13.2 Å². The Balaban J connectivity index is 2.71. The lowest BCUT2D eigenvalue weighted by molar-refractivity contribution is -0.137. The van der Waals surface area contributed by atoms with Crippen LogP contribution < -0.4 is 5.73 Å². The molecule has 3 nitrogen and oxygen atoms in total. The summed E-state index contributed by atoms with van der Waals surface area (Å²) in [5.74, 6) is -0.741. The Bertz CT molecular complexity index is 681. The Morgan fingerprint density at radius 3 is 2.38 bits per heavy atom. The van der Waals surface area contributed by atoms with Crippen LogP contribution in [0.15, 0.2) is 42.5 Å². The van der Waals surface area contributed by atoms with E-state index in [9.17, 15) is 18.0 Å². The SMILES string of the molecule is COC(=O)c1cc(N)ccc1-c1ccccc1C(F)(F)F. The number of nitrogens with two attached hydrogens (primary N) is 1. The van der Waals surface area contributed by atoms with E-state index in [0.29, 0.717) is 0 Å². The number of nitrogen functional groups attached to an aromatic ring is 1. The number of rotatable bonds is 2. The number of alkyl halides is 3. The molecule has 0 aliphatic rings. The third-order valence-corrected chi connectivity index (χ3v) is 2.97. The standard InChI is InChI=1S/C15H12F3NO2/c1-21-14(20)12-8-9(19)6-7-10(12)11-4-2-3-5-13(11)15(16,17)18/h2-8H,19H2,1H3. The van der Waals surface area contributed by atoms with Crippen molar-refractivity contribution in [3.63, 3.8) is 0 Å². The van der Waals surface area contributed by atoms with Crippen LogP contribution in [0.2, 0.25) is 0 Å². The number of carbonyl (C=O) groups excluding carboxylic acids is 1. The summed E-state index contributed by atoms with van der Waals surface area (Å²) in [4.78, 5) is 11.8. The summed E-state index contributed by atoms with van der Waals surface area (Å²) < 4.78 is 43.9. The van der Waals surface area contributed by atoms with E-state index >= 15 is 0 Å². The summed E-state index contributed by atoms with van der Waals surface area (Å²) in [5.41, 5.74) is 5.07. The van der Waals surface area contributed by atoms with Crippen molar-refractivity contribution in [1.82, 2.24) is 0 Å². The third kappa shape index (κ3) is 2.99. The van der Waals surface area contributed by atoms with Gasteiger partial charge in [-0.3, -0.25) is 0 Å². The van der Waals surface area contributed by atoms with Gasteiger partial charge in [-0.15, -0.1) is 0 Å². The molecule has 0 aromatic heterocycles. The molecular weight excluding hydrogens is 283 g/mol. The number of carbonyl (C=O) groups is 1. The van der Waals surface area contributed by atoms with E-state index in [-0.39, 0.29) is 22.4 Å². The van der Waals surface area contributed by atoms with E-state index in [1.165, 1.54) is 36.4 Å². The van der Waals surface area contributed by atoms with Crippen LogP contribution in [0.5, 0.6) is 0 Å². The molecule has 2 aromatic rings. The van der Waals surface area contributed by atoms with Gasteiger partial charge < -0.3 is 10.5 Å². The molecule has 0 aliphatic heterocycles. The molecule has 0 unspecified atom stereocenters. The topological polar surface area (TPSA) is 52.3 Å². The van der Waals surface area contributed by atoms with Gasteiger partial charge in [0, 0.05) is 5.69 Å². The molecule has 0 bridgehead atoms. The van der Waals surface area contributed by atoms with E-state index < -0.39 is 17.7 Å². The van der Waals surface area contributed by atoms with Crippen molar-refractivity contribution in [2.24, 2.45) is 0 Å². The van der Waals surface area contributed by atoms with Gasteiger partial charge in [0.1, 0.15) is 0 Å². The summed E-state index contributed by atoms with van der Waals surface area (Å²) in [7, 11) is 1.16. The zero-order valence-electron chi connectivity index (χ0n) is 11.1. The summed E-state index contributed by atoms with van der Waals surface area (Å²) in [6.07, 6.45) is -4.52. The highest BCUT2D eigenvalue weighted by molar-refractivity contribution is 5.98. The zero-order chi connectivity index (χ0) is 15.6. The van der Waals surface area contributed by atoms with E-state index in [4.69, 9.17) is 5.73 Å². The minimum absolute atomic E-state index is 0.00537. The Morgan fingerprint density at radius 2 is 1.76 bits per heavy atom. The summed E-state index contributed by atoms with van der Waals surface area (Å²) in [6.45, 7) is 0. The van der Waals surface area contributed by atoms with Crippen LogP contribution in [0.3, 0.4) is 0 Å². The van der Waals surface area contributed by atoms with Crippen LogP contribution in [-0.4, -0.2) is 13.1 Å². The minimum atomic E-state index is -4.52. The van der Waals surface area contributed by atoms with Gasteiger partial charge in [0.15, 0.2) is 0 Å². The van der Waals surface area contributed by atoms with Crippen molar-refractivity contribution in [1.29, 1.82) is 0 Å². The molecular formula is C15H12F3NO2. The number of anilines is 1. The second-order valence-corrected chi connectivity index (χ2v) is 4.34. The first-order chi connectivity index (χ1) is 9.84. The predicted octanol–water partition coefficient (Wildman–Crippen LogP) is 3.74. The fourth-order valence-electron chi connectivity index (χ4n) is 2.04. The maximum atomic E-state index is 13.1. The highest BCUT2D eigenvalue weighted by Gasteiger charge is 2.34. The second-order valence-electron chi connectivity index (χ2n) is 4.34. The predicted molar refractivity (Wildman–Crippen MR) is 72.6 cm³/mol. The molecule has 0 amide bonds. The van der Waals surface area contributed by atoms with Crippen molar-refractivity contribution in [2.45, 2.75) is 6.18 Å². The van der Waals surface area contributed by atoms with Gasteiger partial charge in [-0.05, 0) is 29.3 Å². The van der Waals surface area contributed by atoms with Crippen LogP contribution in [-0.2, 0) is 10.9 Å². The Labute approximate surface area is 119 Å². The number of ether oxygens (including phenoxy) is 1. The molecule has 0 aliphatic carbocycles. The summed E-state index contributed by atoms with van der Waals surface area (Å²) in [5, 5.41) is 0. The Kier molecular flexibility index (Phi) is 3.88. The first-order valence-corrected chi connectivity index (χ1v) is 5.99. The van der Waals surface area contributed by atoms with Crippen molar-refractivity contribution >= 4 is 11.7 Å². The lowest BCUT2D eigenvalue weighted by Crippen LogP contribution is -2.10. The quantitative estimate of drug-likeness (QED) is 0.678. The fourth-order valence-corrected chi connectivity index (χ4v) is 2.04. The highest BCUT2D eigenvalue weighted by Crippen LogP contribution is 2.38. The van der Waals surface area contributed by atoms with Crippen LogP contribution >= 0.6 is 0 Å². The molecule has 2 rings (SSSR count). The minimum Gasteiger partial charge on any atom is -0.465 e. The normalized spacial score (nSPS) is 11.2. The van der Waals surface area contributed by atoms with Crippen LogP contribution in [0.25, 0.3) is 11.1 Å². The van der Waals surface area contributed by atoms with Crippen molar-refractivity contribution in [2.75, 3.05) is 12.8 Å². The van der Waals surface area contributed by atoms with E-state index in [1.807, 2.05) is 0 Å². The first kappa shape index (κ1) is 14.9. The molecule has 0 saturated carbocycles. The first-order valence-electron chi connectivity index (χ1n) is 5.99. The van der Waals surface area contributed by atoms with Crippen molar-refractivity contribution in [3.05, 3.63) is 53.6 Å². The van der Waals surface area contributed by atoms with Crippen molar-refractivity contribution in [3.8, 4) is 11.1 Å². The molecule has 0 spiro atoms. The number of hydrogen-bond donors (Lipinski definition) is 1. The molecule has 0 atom stereocenters. The van der Waals surface area contributed by atoms with E-state index in [2.05, 4.69) is 4.74 Å². The van der Waals surface area contributed by atoms with Gasteiger partial charge in [-0.2, -0.15) is 13.2 Å². The summed E-state index contributed by atoms with van der Waals surface area (Å²) in [6, 6.07) is 9.16. The number of esters is 1. The third-order valence-electron chi connectivity index (χ3n) is 2.97. The fraction of sp³-hybridized carbons (Fsp3) is 0.133. The molecule has 0 fully saturated rings. The van der Waals surface area contributed by atoms with Crippen molar-refractivity contribution < 1.29 is 22.7 Å². The highest BCUT2D eigenvalue weighted by atomic mass is 19.4. The molecule has 2 aromatic carbocycles. The Morgan fingerprint density at radius 1 is 1.10 bits per heavy atom. The van der Waals surface area contributed by atoms with Crippen LogP contribution in [0.1, 0.15) is 15.9 Å². The lowest BCUT2D eigenvalue weighted by atomic mass is 9.94. The molecule has 110 valence electrons. The van der Waals surface area contributed by atoms with Gasteiger partial charge in [0.05, 0.1) is 18.2 Å². The maximum Gasteiger partial charge on any atom is 0.417 e. The monoisotopic (exact) mass is 295 g/mol. The molecule has 0 heterocycles. The molecule has 0 radical (unpaired) electrons. The van der Waals surface area contributed by atoms with Crippen LogP contribution in [0, 0.1) is 0 Å². The molecule has 2 N–H and O–H groups in total. The second kappa shape index (κ2) is 5.47.